The Bertz CT molecular complexity index is 643. The fourth-order valence-electron chi connectivity index (χ4n) is 4.32. The van der Waals surface area contributed by atoms with E-state index in [-0.39, 0.29) is 6.61 Å². The van der Waals surface area contributed by atoms with Crippen molar-refractivity contribution in [1.29, 1.82) is 0 Å². The molecule has 6 heteroatoms. The van der Waals surface area contributed by atoms with Crippen LogP contribution in [-0.4, -0.2) is 64.3 Å². The molecule has 0 bridgehead atoms. The molecular weight excluding hydrogens is 278 g/mol. The van der Waals surface area contributed by atoms with Crippen LogP contribution in [0.5, 0.6) is 0 Å². The third kappa shape index (κ3) is 2.27. The average Bonchev–Trinajstić information content (AvgIpc) is 3.19. The molecule has 4 rings (SSSR count). The molecule has 0 spiro atoms. The minimum absolute atomic E-state index is 0.273. The summed E-state index contributed by atoms with van der Waals surface area (Å²) in [5, 5.41) is 10.2. The number of aliphatic hydroxyl groups is 1. The molecule has 6 nitrogen and oxygen atoms in total. The second kappa shape index (κ2) is 5.52. The van der Waals surface area contributed by atoms with E-state index >= 15 is 0 Å². The van der Waals surface area contributed by atoms with Crippen LogP contribution >= 0.6 is 0 Å². The Hall–Kier alpha value is -1.66. The lowest BCUT2D eigenvalue weighted by Crippen LogP contribution is -2.33. The molecule has 0 amide bonds. The number of aromatic amines is 1. The van der Waals surface area contributed by atoms with Gasteiger partial charge in [-0.15, -0.1) is 0 Å². The Morgan fingerprint density at radius 3 is 2.82 bits per heavy atom. The van der Waals surface area contributed by atoms with E-state index in [1.54, 1.807) is 6.33 Å². The van der Waals surface area contributed by atoms with Gasteiger partial charge in [0.1, 0.15) is 17.8 Å². The van der Waals surface area contributed by atoms with Crippen LogP contribution in [0.3, 0.4) is 0 Å². The van der Waals surface area contributed by atoms with Crippen molar-refractivity contribution in [3.8, 4) is 0 Å². The van der Waals surface area contributed by atoms with Gasteiger partial charge in [0.15, 0.2) is 0 Å². The van der Waals surface area contributed by atoms with E-state index in [2.05, 4.69) is 37.9 Å². The number of nitrogens with one attached hydrogen (secondary N) is 1. The molecule has 2 aromatic rings. The van der Waals surface area contributed by atoms with Crippen molar-refractivity contribution in [2.75, 3.05) is 38.2 Å². The van der Waals surface area contributed by atoms with Crippen LogP contribution in [0.4, 0.5) is 5.82 Å². The molecule has 3 atom stereocenters. The summed E-state index contributed by atoms with van der Waals surface area (Å²) < 4.78 is 0. The van der Waals surface area contributed by atoms with Crippen molar-refractivity contribution < 1.29 is 5.11 Å². The summed E-state index contributed by atoms with van der Waals surface area (Å²) in [4.78, 5) is 16.7. The van der Waals surface area contributed by atoms with E-state index in [4.69, 9.17) is 5.11 Å². The highest BCUT2D eigenvalue weighted by Crippen LogP contribution is 2.41. The molecule has 0 aromatic carbocycles. The Kier molecular flexibility index (Phi) is 3.50. The minimum atomic E-state index is 0.273. The SMILES string of the molecule is CN(c1ncnc2[nH]ccc12)C1C[C@@H]2CN(CCO)C[C@@H]2C1. The highest BCUT2D eigenvalue weighted by atomic mass is 16.3. The number of H-pyrrole nitrogens is 1. The van der Waals surface area contributed by atoms with Gasteiger partial charge >= 0.3 is 0 Å². The molecule has 2 N–H and O–H groups in total. The molecule has 2 fully saturated rings. The Labute approximate surface area is 130 Å². The Morgan fingerprint density at radius 1 is 1.32 bits per heavy atom. The monoisotopic (exact) mass is 301 g/mol. The first kappa shape index (κ1) is 14.0. The molecule has 1 aliphatic heterocycles. The lowest BCUT2D eigenvalue weighted by molar-refractivity contribution is 0.211. The number of rotatable bonds is 4. The molecule has 3 heterocycles. The van der Waals surface area contributed by atoms with Crippen molar-refractivity contribution in [1.82, 2.24) is 19.9 Å². The topological polar surface area (TPSA) is 68.3 Å². The number of likely N-dealkylation sites (tertiary alicyclic amines) is 1. The predicted octanol–water partition coefficient (Wildman–Crippen LogP) is 1.10. The standard InChI is InChI=1S/C16H23N5O/c1-20(16-14-2-3-17-15(14)18-10-19-16)13-6-11-8-21(4-5-22)9-12(11)7-13/h2-3,10-13,22H,4-9H2,1H3,(H,17,18,19)/t11-,12+,13?. The number of nitrogens with zero attached hydrogens (tertiary/aromatic N) is 4. The number of hydrogen-bond donors (Lipinski definition) is 2. The quantitative estimate of drug-likeness (QED) is 0.885. The smallest absolute Gasteiger partial charge is 0.142 e. The number of aromatic nitrogens is 3. The van der Waals surface area contributed by atoms with Gasteiger partial charge in [-0.25, -0.2) is 9.97 Å². The summed E-state index contributed by atoms with van der Waals surface area (Å²) in [5.74, 6) is 2.56. The number of anilines is 1. The Morgan fingerprint density at radius 2 is 2.09 bits per heavy atom. The summed E-state index contributed by atoms with van der Waals surface area (Å²) in [6.45, 7) is 3.37. The van der Waals surface area contributed by atoms with Gasteiger partial charge in [-0.1, -0.05) is 0 Å². The lowest BCUT2D eigenvalue weighted by atomic mass is 10.0. The van der Waals surface area contributed by atoms with Crippen LogP contribution in [-0.2, 0) is 0 Å². The minimum Gasteiger partial charge on any atom is -0.395 e. The normalized spacial score (nSPS) is 28.4. The van der Waals surface area contributed by atoms with Crippen molar-refractivity contribution in [3.05, 3.63) is 18.6 Å². The van der Waals surface area contributed by atoms with Crippen molar-refractivity contribution in [3.63, 3.8) is 0 Å². The summed E-state index contributed by atoms with van der Waals surface area (Å²) in [6.07, 6.45) is 6.01. The number of aliphatic hydroxyl groups excluding tert-OH is 1. The number of fused-ring (bicyclic) bond motifs is 2. The molecule has 1 saturated carbocycles. The van der Waals surface area contributed by atoms with Crippen molar-refractivity contribution >= 4 is 16.9 Å². The molecule has 1 unspecified atom stereocenters. The highest BCUT2D eigenvalue weighted by molar-refractivity contribution is 5.87. The van der Waals surface area contributed by atoms with Gasteiger partial charge in [-0.3, -0.25) is 0 Å². The zero-order valence-electron chi connectivity index (χ0n) is 12.9. The zero-order chi connectivity index (χ0) is 15.1. The first-order valence-corrected chi connectivity index (χ1v) is 8.10. The van der Waals surface area contributed by atoms with Crippen LogP contribution in [0, 0.1) is 11.8 Å². The molecule has 1 aliphatic carbocycles. The summed E-state index contributed by atoms with van der Waals surface area (Å²) in [6, 6.07) is 2.61. The van der Waals surface area contributed by atoms with Gasteiger partial charge in [0.2, 0.25) is 0 Å². The van der Waals surface area contributed by atoms with Crippen molar-refractivity contribution in [2.45, 2.75) is 18.9 Å². The molecule has 22 heavy (non-hydrogen) atoms. The van der Waals surface area contributed by atoms with Crippen LogP contribution < -0.4 is 4.90 Å². The fourth-order valence-corrected chi connectivity index (χ4v) is 4.32. The van der Waals surface area contributed by atoms with Gasteiger partial charge < -0.3 is 19.9 Å². The van der Waals surface area contributed by atoms with Gasteiger partial charge in [-0.05, 0) is 30.7 Å². The molecule has 0 radical (unpaired) electrons. The first-order valence-electron chi connectivity index (χ1n) is 8.10. The van der Waals surface area contributed by atoms with Crippen LogP contribution in [0.1, 0.15) is 12.8 Å². The maximum absolute atomic E-state index is 9.09. The van der Waals surface area contributed by atoms with E-state index in [9.17, 15) is 0 Å². The third-order valence-corrected chi connectivity index (χ3v) is 5.43. The molecule has 2 aromatic heterocycles. The van der Waals surface area contributed by atoms with Crippen LogP contribution in [0.2, 0.25) is 0 Å². The third-order valence-electron chi connectivity index (χ3n) is 5.43. The second-order valence-electron chi connectivity index (χ2n) is 6.68. The van der Waals surface area contributed by atoms with Crippen molar-refractivity contribution in [2.24, 2.45) is 11.8 Å². The largest absolute Gasteiger partial charge is 0.395 e. The predicted molar refractivity (Wildman–Crippen MR) is 85.8 cm³/mol. The molecule has 2 aliphatic rings. The van der Waals surface area contributed by atoms with E-state index in [1.165, 1.54) is 12.8 Å². The second-order valence-corrected chi connectivity index (χ2v) is 6.68. The molecular formula is C16H23N5O. The van der Waals surface area contributed by atoms with Gasteiger partial charge in [0, 0.05) is 38.9 Å². The molecule has 1 saturated heterocycles. The van der Waals surface area contributed by atoms with E-state index in [0.29, 0.717) is 6.04 Å². The Balaban J connectivity index is 1.49. The van der Waals surface area contributed by atoms with Gasteiger partial charge in [0.25, 0.3) is 0 Å². The average molecular weight is 301 g/mol. The maximum atomic E-state index is 9.09. The van der Waals surface area contributed by atoms with E-state index in [0.717, 1.165) is 48.3 Å². The maximum Gasteiger partial charge on any atom is 0.142 e. The van der Waals surface area contributed by atoms with E-state index in [1.807, 2.05) is 6.20 Å². The fraction of sp³-hybridized carbons (Fsp3) is 0.625. The first-order chi connectivity index (χ1) is 10.8. The highest BCUT2D eigenvalue weighted by Gasteiger charge is 2.42. The van der Waals surface area contributed by atoms with Gasteiger partial charge in [-0.2, -0.15) is 0 Å². The summed E-state index contributed by atoms with van der Waals surface area (Å²) >= 11 is 0. The van der Waals surface area contributed by atoms with Crippen LogP contribution in [0.25, 0.3) is 11.0 Å². The number of β-amino-alcohol motifs (C(OH)–C–C–N with tert-alkyl or cyclic N) is 1. The summed E-state index contributed by atoms with van der Waals surface area (Å²) in [7, 11) is 2.16. The van der Waals surface area contributed by atoms with E-state index < -0.39 is 0 Å². The number of hydrogen-bond acceptors (Lipinski definition) is 5. The van der Waals surface area contributed by atoms with Gasteiger partial charge in [0.05, 0.1) is 12.0 Å². The summed E-state index contributed by atoms with van der Waals surface area (Å²) in [5.41, 5.74) is 0.907. The zero-order valence-corrected chi connectivity index (χ0v) is 12.9. The lowest BCUT2D eigenvalue weighted by Gasteiger charge is -2.27. The molecule has 118 valence electrons. The van der Waals surface area contributed by atoms with Crippen LogP contribution in [0.15, 0.2) is 18.6 Å².